The van der Waals surface area contributed by atoms with E-state index < -0.39 is 6.03 Å². The average molecular weight is 168 g/mol. The van der Waals surface area contributed by atoms with E-state index in [0.29, 0.717) is 6.54 Å². The first-order valence-corrected chi connectivity index (χ1v) is 3.62. The maximum Gasteiger partial charge on any atom is 0.312 e. The third-order valence-electron chi connectivity index (χ3n) is 1.79. The molecule has 0 aromatic carbocycles. The van der Waals surface area contributed by atoms with Crippen LogP contribution in [0.5, 0.6) is 0 Å². The summed E-state index contributed by atoms with van der Waals surface area (Å²) in [4.78, 5) is 10.4. The number of aryl methyl sites for hydroxylation is 1. The molecule has 0 fully saturated rings. The van der Waals surface area contributed by atoms with Crippen molar-refractivity contribution in [2.24, 2.45) is 12.8 Å². The lowest BCUT2D eigenvalue weighted by molar-refractivity contribution is 0.248. The Kier molecular flexibility index (Phi) is 2.32. The molecule has 0 aliphatic carbocycles. The second kappa shape index (κ2) is 3.25. The van der Waals surface area contributed by atoms with Crippen LogP contribution in [0.4, 0.5) is 4.79 Å². The van der Waals surface area contributed by atoms with Gasteiger partial charge in [0, 0.05) is 24.8 Å². The van der Waals surface area contributed by atoms with Gasteiger partial charge in [-0.3, -0.25) is 4.68 Å². The molecule has 66 valence electrons. The molecule has 1 heterocycles. The highest BCUT2D eigenvalue weighted by molar-refractivity contribution is 5.71. The maximum atomic E-state index is 10.4. The molecule has 0 saturated carbocycles. The number of amides is 2. The van der Waals surface area contributed by atoms with Crippen molar-refractivity contribution in [1.29, 1.82) is 0 Å². The summed E-state index contributed by atoms with van der Waals surface area (Å²) >= 11 is 0. The van der Waals surface area contributed by atoms with Crippen LogP contribution >= 0.6 is 0 Å². The van der Waals surface area contributed by atoms with Crippen LogP contribution in [0.15, 0.2) is 6.20 Å². The maximum absolute atomic E-state index is 10.4. The first-order valence-electron chi connectivity index (χ1n) is 3.62. The second-order valence-corrected chi connectivity index (χ2v) is 2.60. The molecule has 0 radical (unpaired) electrons. The number of hydrogen-bond acceptors (Lipinski definition) is 2. The lowest BCUT2D eigenvalue weighted by atomic mass is 10.2. The fourth-order valence-corrected chi connectivity index (χ4v) is 0.900. The number of nitrogens with one attached hydrogen (secondary N) is 1. The molecular weight excluding hydrogens is 156 g/mol. The van der Waals surface area contributed by atoms with E-state index in [2.05, 4.69) is 10.4 Å². The predicted molar refractivity (Wildman–Crippen MR) is 44.4 cm³/mol. The summed E-state index contributed by atoms with van der Waals surface area (Å²) in [5, 5.41) is 6.52. The van der Waals surface area contributed by atoms with Crippen molar-refractivity contribution in [3.05, 3.63) is 17.5 Å². The molecule has 3 N–H and O–H groups in total. The summed E-state index contributed by atoms with van der Waals surface area (Å²) in [6.07, 6.45) is 1.71. The minimum atomic E-state index is -0.516. The first-order chi connectivity index (χ1) is 5.61. The van der Waals surface area contributed by atoms with E-state index in [0.717, 1.165) is 11.3 Å². The highest BCUT2D eigenvalue weighted by Gasteiger charge is 2.02. The molecule has 0 aliphatic heterocycles. The third kappa shape index (κ3) is 1.75. The lowest BCUT2D eigenvalue weighted by Crippen LogP contribution is -2.28. The van der Waals surface area contributed by atoms with Crippen molar-refractivity contribution in [2.75, 3.05) is 0 Å². The predicted octanol–water partition coefficient (Wildman–Crippen LogP) is -0.103. The zero-order chi connectivity index (χ0) is 9.14. The molecule has 0 atom stereocenters. The standard InChI is InChI=1S/C7H12N4O/c1-5-6(3-9-7(8)12)4-10-11(5)2/h4H,3H2,1-2H3,(H3,8,9,12). The molecule has 12 heavy (non-hydrogen) atoms. The molecule has 0 spiro atoms. The van der Waals surface area contributed by atoms with Crippen molar-refractivity contribution in [2.45, 2.75) is 13.5 Å². The zero-order valence-electron chi connectivity index (χ0n) is 7.16. The Bertz CT molecular complexity index is 292. The van der Waals surface area contributed by atoms with Gasteiger partial charge >= 0.3 is 6.03 Å². The van der Waals surface area contributed by atoms with Crippen LogP contribution in [0.2, 0.25) is 0 Å². The number of carbonyl (C=O) groups is 1. The topological polar surface area (TPSA) is 72.9 Å². The van der Waals surface area contributed by atoms with E-state index in [9.17, 15) is 4.79 Å². The average Bonchev–Trinajstić information content (AvgIpc) is 2.30. The van der Waals surface area contributed by atoms with Gasteiger partial charge in [0.15, 0.2) is 0 Å². The summed E-state index contributed by atoms with van der Waals surface area (Å²) in [6.45, 7) is 2.38. The van der Waals surface area contributed by atoms with Gasteiger partial charge in [0.25, 0.3) is 0 Å². The highest BCUT2D eigenvalue weighted by Crippen LogP contribution is 2.03. The van der Waals surface area contributed by atoms with Crippen LogP contribution in [0, 0.1) is 6.92 Å². The van der Waals surface area contributed by atoms with E-state index in [1.54, 1.807) is 10.9 Å². The number of urea groups is 1. The second-order valence-electron chi connectivity index (χ2n) is 2.60. The fourth-order valence-electron chi connectivity index (χ4n) is 0.900. The van der Waals surface area contributed by atoms with Gasteiger partial charge in [0.1, 0.15) is 0 Å². The van der Waals surface area contributed by atoms with Crippen LogP contribution in [0.3, 0.4) is 0 Å². The number of primary amides is 1. The van der Waals surface area contributed by atoms with Crippen LogP contribution in [0.25, 0.3) is 0 Å². The molecule has 0 saturated heterocycles. The van der Waals surface area contributed by atoms with E-state index in [1.807, 2.05) is 14.0 Å². The molecular formula is C7H12N4O. The molecule has 5 nitrogen and oxygen atoms in total. The molecule has 1 aromatic heterocycles. The first kappa shape index (κ1) is 8.58. The summed E-state index contributed by atoms with van der Waals surface area (Å²) in [5.41, 5.74) is 6.93. The smallest absolute Gasteiger partial charge is 0.312 e. The minimum absolute atomic E-state index is 0.439. The van der Waals surface area contributed by atoms with E-state index in [1.165, 1.54) is 0 Å². The van der Waals surface area contributed by atoms with Crippen molar-refractivity contribution in [3.8, 4) is 0 Å². The Morgan fingerprint density at radius 3 is 2.92 bits per heavy atom. The van der Waals surface area contributed by atoms with Gasteiger partial charge < -0.3 is 11.1 Å². The van der Waals surface area contributed by atoms with Gasteiger partial charge in [-0.05, 0) is 6.92 Å². The Labute approximate surface area is 70.5 Å². The van der Waals surface area contributed by atoms with Gasteiger partial charge in [0.05, 0.1) is 6.20 Å². The third-order valence-corrected chi connectivity index (χ3v) is 1.79. The molecule has 5 heteroatoms. The Morgan fingerprint density at radius 1 is 1.83 bits per heavy atom. The molecule has 0 bridgehead atoms. The largest absolute Gasteiger partial charge is 0.352 e. The molecule has 2 amide bonds. The number of carbonyl (C=O) groups excluding carboxylic acids is 1. The highest BCUT2D eigenvalue weighted by atomic mass is 16.2. The summed E-state index contributed by atoms with van der Waals surface area (Å²) in [5.74, 6) is 0. The monoisotopic (exact) mass is 168 g/mol. The Hall–Kier alpha value is -1.52. The van der Waals surface area contributed by atoms with Gasteiger partial charge in [-0.1, -0.05) is 0 Å². The quantitative estimate of drug-likeness (QED) is 0.647. The summed E-state index contributed by atoms with van der Waals surface area (Å²) in [7, 11) is 1.85. The van der Waals surface area contributed by atoms with Crippen molar-refractivity contribution in [1.82, 2.24) is 15.1 Å². The number of rotatable bonds is 2. The van der Waals surface area contributed by atoms with E-state index in [4.69, 9.17) is 5.73 Å². The van der Waals surface area contributed by atoms with Gasteiger partial charge in [-0.15, -0.1) is 0 Å². The molecule has 0 aliphatic rings. The van der Waals surface area contributed by atoms with E-state index >= 15 is 0 Å². The van der Waals surface area contributed by atoms with Gasteiger partial charge in [-0.25, -0.2) is 4.79 Å². The molecule has 1 rings (SSSR count). The number of hydrogen-bond donors (Lipinski definition) is 2. The van der Waals surface area contributed by atoms with E-state index in [-0.39, 0.29) is 0 Å². The fraction of sp³-hybridized carbons (Fsp3) is 0.429. The van der Waals surface area contributed by atoms with Crippen molar-refractivity contribution in [3.63, 3.8) is 0 Å². The number of nitrogens with zero attached hydrogens (tertiary/aromatic N) is 2. The Balaban J connectivity index is 2.63. The van der Waals surface area contributed by atoms with Crippen LogP contribution < -0.4 is 11.1 Å². The Morgan fingerprint density at radius 2 is 2.50 bits per heavy atom. The van der Waals surface area contributed by atoms with Gasteiger partial charge in [-0.2, -0.15) is 5.10 Å². The van der Waals surface area contributed by atoms with Crippen LogP contribution in [-0.2, 0) is 13.6 Å². The number of nitrogens with two attached hydrogens (primary N) is 1. The summed E-state index contributed by atoms with van der Waals surface area (Å²) < 4.78 is 1.75. The lowest BCUT2D eigenvalue weighted by Gasteiger charge is -2.00. The normalized spacial score (nSPS) is 9.83. The number of aromatic nitrogens is 2. The van der Waals surface area contributed by atoms with Crippen LogP contribution in [-0.4, -0.2) is 15.8 Å². The zero-order valence-corrected chi connectivity index (χ0v) is 7.16. The minimum Gasteiger partial charge on any atom is -0.352 e. The molecule has 1 aromatic rings. The van der Waals surface area contributed by atoms with Crippen LogP contribution in [0.1, 0.15) is 11.3 Å². The van der Waals surface area contributed by atoms with Crippen molar-refractivity contribution < 1.29 is 4.79 Å². The SMILES string of the molecule is Cc1c(CNC(N)=O)cnn1C. The molecule has 0 unspecified atom stereocenters. The summed E-state index contributed by atoms with van der Waals surface area (Å²) in [6, 6.07) is -0.516. The van der Waals surface area contributed by atoms with Crippen molar-refractivity contribution >= 4 is 6.03 Å². The van der Waals surface area contributed by atoms with Gasteiger partial charge in [0.2, 0.25) is 0 Å².